The summed E-state index contributed by atoms with van der Waals surface area (Å²) in [4.78, 5) is 1.54. The Bertz CT molecular complexity index is 782. The zero-order valence-electron chi connectivity index (χ0n) is 16.3. The zero-order valence-corrected chi connectivity index (χ0v) is 17.1. The van der Waals surface area contributed by atoms with Gasteiger partial charge in [0.25, 0.3) is 0 Å². The molecule has 3 rings (SSSR count). The molecule has 0 aromatic heterocycles. The Balaban J connectivity index is 1.58. The van der Waals surface area contributed by atoms with E-state index in [1.54, 1.807) is 24.1 Å². The summed E-state index contributed by atoms with van der Waals surface area (Å²) < 4.78 is 34.1. The molecule has 0 unspecified atom stereocenters. The number of methoxy groups -OCH3 is 1. The predicted octanol–water partition coefficient (Wildman–Crippen LogP) is 3.00. The molecule has 1 aliphatic rings. The lowest BCUT2D eigenvalue weighted by atomic mass is 10.1. The minimum atomic E-state index is -2.83. The first-order chi connectivity index (χ1) is 14.0. The Hall–Kier alpha value is -2.45. The van der Waals surface area contributed by atoms with Crippen molar-refractivity contribution in [3.8, 4) is 11.5 Å². The lowest BCUT2D eigenvalue weighted by Gasteiger charge is -2.26. The molecule has 156 valence electrons. The number of anilines is 1. The number of hydrogen-bond acceptors (Lipinski definition) is 3. The van der Waals surface area contributed by atoms with E-state index in [-0.39, 0.29) is 11.8 Å². The first-order valence-electron chi connectivity index (χ1n) is 9.63. The minimum Gasteiger partial charge on any atom is -0.497 e. The van der Waals surface area contributed by atoms with Gasteiger partial charge in [0.15, 0.2) is 5.11 Å². The van der Waals surface area contributed by atoms with Crippen LogP contribution in [0.25, 0.3) is 0 Å². The lowest BCUT2D eigenvalue weighted by Crippen LogP contribution is -3.11. The maximum Gasteiger partial charge on any atom is 0.387 e. The van der Waals surface area contributed by atoms with Crippen LogP contribution in [0.3, 0.4) is 0 Å². The molecule has 0 radical (unpaired) electrons. The summed E-state index contributed by atoms with van der Waals surface area (Å²) in [6.45, 7) is 0.147. The fraction of sp³-hybridized carbons (Fsp3) is 0.381. The minimum absolute atomic E-state index is 0.113. The number of quaternary nitrogens is 1. The van der Waals surface area contributed by atoms with E-state index in [1.807, 2.05) is 12.1 Å². The molecule has 0 amide bonds. The number of hydrogen-bond donors (Lipinski definition) is 3. The van der Waals surface area contributed by atoms with Crippen molar-refractivity contribution in [3.63, 3.8) is 0 Å². The quantitative estimate of drug-likeness (QED) is 0.571. The fourth-order valence-electron chi connectivity index (χ4n) is 3.60. The molecule has 2 aromatic rings. The number of rotatable bonds is 8. The highest BCUT2D eigenvalue weighted by molar-refractivity contribution is 7.80. The van der Waals surface area contributed by atoms with Crippen LogP contribution in [0.5, 0.6) is 11.5 Å². The van der Waals surface area contributed by atoms with Gasteiger partial charge in [-0.15, -0.1) is 0 Å². The third kappa shape index (κ3) is 6.27. The van der Waals surface area contributed by atoms with Crippen LogP contribution in [-0.4, -0.2) is 38.5 Å². The van der Waals surface area contributed by atoms with Crippen LogP contribution < -0.4 is 25.0 Å². The van der Waals surface area contributed by atoms with Crippen LogP contribution in [0.1, 0.15) is 24.4 Å². The SMILES string of the molecule is COc1ccc([C@H](CNC(=S)Nc2ccc(OC(F)F)cc2)[NH+]2CCCC2)cc1. The molecule has 1 fully saturated rings. The van der Waals surface area contributed by atoms with Gasteiger partial charge in [0, 0.05) is 24.1 Å². The zero-order chi connectivity index (χ0) is 20.6. The Morgan fingerprint density at radius 3 is 2.24 bits per heavy atom. The second-order valence-electron chi connectivity index (χ2n) is 6.93. The van der Waals surface area contributed by atoms with Crippen molar-refractivity contribution in [2.45, 2.75) is 25.5 Å². The number of likely N-dealkylation sites (tertiary alicyclic amines) is 1. The third-order valence-electron chi connectivity index (χ3n) is 5.06. The molecule has 1 aliphatic heterocycles. The van der Waals surface area contributed by atoms with Gasteiger partial charge < -0.3 is 25.0 Å². The summed E-state index contributed by atoms with van der Waals surface area (Å²) in [5, 5.41) is 6.88. The highest BCUT2D eigenvalue weighted by atomic mass is 32.1. The number of alkyl halides is 2. The molecule has 1 atom stereocenters. The maximum atomic E-state index is 12.2. The molecule has 29 heavy (non-hydrogen) atoms. The second kappa shape index (κ2) is 10.4. The van der Waals surface area contributed by atoms with Crippen LogP contribution >= 0.6 is 12.2 Å². The van der Waals surface area contributed by atoms with Gasteiger partial charge in [-0.3, -0.25) is 0 Å². The van der Waals surface area contributed by atoms with Crippen molar-refractivity contribution in [1.29, 1.82) is 0 Å². The van der Waals surface area contributed by atoms with Gasteiger partial charge in [0.2, 0.25) is 0 Å². The standard InChI is InChI=1S/C21H25F2N3O2S/c1-27-17-8-4-15(5-9-17)19(26-12-2-3-13-26)14-24-21(29)25-16-6-10-18(11-7-16)28-20(22)23/h4-11,19-20H,2-3,12-14H2,1H3,(H2,24,25,29)/p+1/t19-/m0/s1. The molecule has 0 saturated carbocycles. The molecule has 5 nitrogen and oxygen atoms in total. The largest absolute Gasteiger partial charge is 0.497 e. The van der Waals surface area contributed by atoms with Crippen molar-refractivity contribution in [3.05, 3.63) is 54.1 Å². The monoisotopic (exact) mass is 422 g/mol. The molecule has 1 heterocycles. The molecule has 0 aliphatic carbocycles. The third-order valence-corrected chi connectivity index (χ3v) is 5.31. The summed E-state index contributed by atoms with van der Waals surface area (Å²) in [6, 6.07) is 14.7. The van der Waals surface area contributed by atoms with Gasteiger partial charge >= 0.3 is 6.61 Å². The molecular formula is C21H26F2N3O2S+. The fourth-order valence-corrected chi connectivity index (χ4v) is 3.80. The molecule has 8 heteroatoms. The van der Waals surface area contributed by atoms with Crippen LogP contribution in [0.2, 0.25) is 0 Å². The molecule has 2 aromatic carbocycles. The maximum absolute atomic E-state index is 12.2. The number of halogens is 2. The summed E-state index contributed by atoms with van der Waals surface area (Å²) >= 11 is 5.42. The van der Waals surface area contributed by atoms with Crippen LogP contribution in [0.15, 0.2) is 48.5 Å². The van der Waals surface area contributed by atoms with E-state index in [2.05, 4.69) is 27.5 Å². The van der Waals surface area contributed by atoms with E-state index in [9.17, 15) is 8.78 Å². The molecule has 0 spiro atoms. The summed E-state index contributed by atoms with van der Waals surface area (Å²) in [6.07, 6.45) is 2.47. The predicted molar refractivity (Wildman–Crippen MR) is 113 cm³/mol. The van der Waals surface area contributed by atoms with E-state index in [1.165, 1.54) is 30.5 Å². The second-order valence-corrected chi connectivity index (χ2v) is 7.34. The van der Waals surface area contributed by atoms with E-state index in [0.717, 1.165) is 18.8 Å². The Labute approximate surface area is 175 Å². The van der Waals surface area contributed by atoms with Gasteiger partial charge in [-0.05, 0) is 60.7 Å². The van der Waals surface area contributed by atoms with Crippen molar-refractivity contribution in [1.82, 2.24) is 5.32 Å². The van der Waals surface area contributed by atoms with Gasteiger partial charge in [0.1, 0.15) is 17.5 Å². The van der Waals surface area contributed by atoms with Crippen molar-refractivity contribution in [2.75, 3.05) is 32.1 Å². The van der Waals surface area contributed by atoms with E-state index < -0.39 is 6.61 Å². The van der Waals surface area contributed by atoms with Gasteiger partial charge in [-0.1, -0.05) is 0 Å². The van der Waals surface area contributed by atoms with Crippen LogP contribution in [0, 0.1) is 0 Å². The highest BCUT2D eigenvalue weighted by Crippen LogP contribution is 2.18. The normalized spacial score (nSPS) is 15.2. The number of thiocarbonyl (C=S) groups is 1. The number of ether oxygens (including phenoxy) is 2. The van der Waals surface area contributed by atoms with Gasteiger partial charge in [0.05, 0.1) is 26.7 Å². The first-order valence-corrected chi connectivity index (χ1v) is 10.0. The molecule has 1 saturated heterocycles. The van der Waals surface area contributed by atoms with Crippen molar-refractivity contribution in [2.24, 2.45) is 0 Å². The Morgan fingerprint density at radius 1 is 1.03 bits per heavy atom. The Kier molecular flexibility index (Phi) is 7.60. The average Bonchev–Trinajstić information content (AvgIpc) is 3.24. The van der Waals surface area contributed by atoms with E-state index in [0.29, 0.717) is 17.3 Å². The summed E-state index contributed by atoms with van der Waals surface area (Å²) in [5.74, 6) is 0.954. The van der Waals surface area contributed by atoms with Gasteiger partial charge in [-0.25, -0.2) is 0 Å². The smallest absolute Gasteiger partial charge is 0.387 e. The van der Waals surface area contributed by atoms with Crippen LogP contribution in [0.4, 0.5) is 14.5 Å². The van der Waals surface area contributed by atoms with E-state index in [4.69, 9.17) is 17.0 Å². The molecular weight excluding hydrogens is 396 g/mol. The van der Waals surface area contributed by atoms with Gasteiger partial charge in [-0.2, -0.15) is 8.78 Å². The Morgan fingerprint density at radius 2 is 1.66 bits per heavy atom. The summed E-state index contributed by atoms with van der Waals surface area (Å²) in [7, 11) is 1.66. The van der Waals surface area contributed by atoms with Crippen molar-refractivity contribution < 1.29 is 23.2 Å². The summed E-state index contributed by atoms with van der Waals surface area (Å²) in [5.41, 5.74) is 1.95. The topological polar surface area (TPSA) is 47.0 Å². The van der Waals surface area contributed by atoms with Crippen molar-refractivity contribution >= 4 is 23.0 Å². The average molecular weight is 423 g/mol. The highest BCUT2D eigenvalue weighted by Gasteiger charge is 2.27. The molecule has 3 N–H and O–H groups in total. The number of benzene rings is 2. The van der Waals surface area contributed by atoms with E-state index >= 15 is 0 Å². The number of nitrogens with one attached hydrogen (secondary N) is 3. The molecule has 0 bridgehead atoms. The first kappa shape index (κ1) is 21.3. The van der Waals surface area contributed by atoms with Crippen LogP contribution in [-0.2, 0) is 0 Å². The lowest BCUT2D eigenvalue weighted by molar-refractivity contribution is -0.918.